The van der Waals surface area contributed by atoms with Crippen molar-refractivity contribution < 1.29 is 14.3 Å². The first-order chi connectivity index (χ1) is 13.5. The maximum absolute atomic E-state index is 12.6. The molecular formula is C20H19N3O3S2. The molecule has 0 radical (unpaired) electrons. The highest BCUT2D eigenvalue weighted by Crippen LogP contribution is 2.30. The van der Waals surface area contributed by atoms with Gasteiger partial charge in [-0.2, -0.15) is 0 Å². The van der Waals surface area contributed by atoms with E-state index in [9.17, 15) is 9.59 Å². The van der Waals surface area contributed by atoms with Crippen LogP contribution in [0.4, 0.5) is 10.5 Å². The molecule has 0 fully saturated rings. The van der Waals surface area contributed by atoms with Crippen LogP contribution in [0, 0.1) is 0 Å². The Hall–Kier alpha value is -2.84. The molecule has 0 aliphatic heterocycles. The summed E-state index contributed by atoms with van der Waals surface area (Å²) >= 11 is 2.46. The van der Waals surface area contributed by atoms with Gasteiger partial charge in [0.25, 0.3) is 11.1 Å². The normalized spacial score (nSPS) is 10.4. The number of thiazole rings is 1. The highest BCUT2D eigenvalue weighted by atomic mass is 32.2. The van der Waals surface area contributed by atoms with Gasteiger partial charge in [-0.3, -0.25) is 9.59 Å². The van der Waals surface area contributed by atoms with Crippen molar-refractivity contribution in [3.63, 3.8) is 0 Å². The number of hydrogen-bond donors (Lipinski definition) is 1. The standard InChI is InChI=1S/C20H19N3O3S2/c1-23(2)20(25)28-17-7-5-4-6-15(17)21-18(24)16-12-27-19(22-16)13-8-10-14(26-3)11-9-13/h4-12H,1-3H3,(H,21,24). The molecule has 144 valence electrons. The lowest BCUT2D eigenvalue weighted by Crippen LogP contribution is -2.17. The van der Waals surface area contributed by atoms with Gasteiger partial charge < -0.3 is 15.0 Å². The van der Waals surface area contributed by atoms with Gasteiger partial charge in [-0.25, -0.2) is 4.98 Å². The van der Waals surface area contributed by atoms with Crippen molar-refractivity contribution in [3.05, 3.63) is 59.6 Å². The molecule has 3 rings (SSSR count). The third-order valence-corrected chi connectivity index (χ3v) is 5.78. The monoisotopic (exact) mass is 413 g/mol. The number of thioether (sulfide) groups is 1. The van der Waals surface area contributed by atoms with Gasteiger partial charge in [0.05, 0.1) is 12.8 Å². The number of methoxy groups -OCH3 is 1. The summed E-state index contributed by atoms with van der Waals surface area (Å²) in [7, 11) is 4.99. The number of ether oxygens (including phenoxy) is 1. The molecule has 0 aliphatic carbocycles. The van der Waals surface area contributed by atoms with E-state index in [4.69, 9.17) is 4.74 Å². The maximum atomic E-state index is 12.6. The van der Waals surface area contributed by atoms with Crippen LogP contribution >= 0.6 is 23.1 Å². The largest absolute Gasteiger partial charge is 0.497 e. The van der Waals surface area contributed by atoms with Crippen molar-refractivity contribution in [1.82, 2.24) is 9.88 Å². The van der Waals surface area contributed by atoms with E-state index >= 15 is 0 Å². The average molecular weight is 414 g/mol. The molecule has 0 aliphatic rings. The summed E-state index contributed by atoms with van der Waals surface area (Å²) in [6, 6.07) is 14.7. The molecule has 0 saturated carbocycles. The molecule has 0 bridgehead atoms. The Balaban J connectivity index is 1.75. The molecule has 2 aromatic carbocycles. The number of nitrogens with zero attached hydrogens (tertiary/aromatic N) is 2. The van der Waals surface area contributed by atoms with E-state index in [1.54, 1.807) is 38.7 Å². The van der Waals surface area contributed by atoms with E-state index in [0.717, 1.165) is 28.1 Å². The smallest absolute Gasteiger partial charge is 0.286 e. The fourth-order valence-corrected chi connectivity index (χ4v) is 3.83. The summed E-state index contributed by atoms with van der Waals surface area (Å²) in [5, 5.41) is 5.20. The third kappa shape index (κ3) is 4.71. The van der Waals surface area contributed by atoms with Gasteiger partial charge in [0, 0.05) is 29.9 Å². The molecule has 28 heavy (non-hydrogen) atoms. The molecule has 0 atom stereocenters. The van der Waals surface area contributed by atoms with E-state index in [1.807, 2.05) is 36.4 Å². The summed E-state index contributed by atoms with van der Waals surface area (Å²) in [6.07, 6.45) is 0. The maximum Gasteiger partial charge on any atom is 0.286 e. The number of nitrogens with one attached hydrogen (secondary N) is 1. The van der Waals surface area contributed by atoms with Crippen LogP contribution in [0.25, 0.3) is 10.6 Å². The van der Waals surface area contributed by atoms with Crippen molar-refractivity contribution in [3.8, 4) is 16.3 Å². The lowest BCUT2D eigenvalue weighted by molar-refractivity contribution is 0.102. The molecule has 6 nitrogen and oxygen atoms in total. The fourth-order valence-electron chi connectivity index (χ4n) is 2.27. The van der Waals surface area contributed by atoms with Gasteiger partial charge in [-0.05, 0) is 48.2 Å². The van der Waals surface area contributed by atoms with Crippen molar-refractivity contribution in [2.24, 2.45) is 0 Å². The Morgan fingerprint density at radius 2 is 1.82 bits per heavy atom. The van der Waals surface area contributed by atoms with Crippen LogP contribution < -0.4 is 10.1 Å². The molecule has 0 spiro atoms. The number of carbonyl (C=O) groups excluding carboxylic acids is 2. The molecule has 1 aromatic heterocycles. The van der Waals surface area contributed by atoms with Crippen LogP contribution in [0.15, 0.2) is 58.8 Å². The zero-order chi connectivity index (χ0) is 20.1. The first-order valence-electron chi connectivity index (χ1n) is 8.37. The van der Waals surface area contributed by atoms with E-state index in [0.29, 0.717) is 16.3 Å². The Bertz CT molecular complexity index is 984. The second-order valence-electron chi connectivity index (χ2n) is 5.98. The molecular weight excluding hydrogens is 394 g/mol. The lowest BCUT2D eigenvalue weighted by atomic mass is 10.2. The third-order valence-electron chi connectivity index (χ3n) is 3.77. The summed E-state index contributed by atoms with van der Waals surface area (Å²) in [4.78, 5) is 31.2. The molecule has 8 heteroatoms. The highest BCUT2D eigenvalue weighted by Gasteiger charge is 2.16. The van der Waals surface area contributed by atoms with Crippen LogP contribution in [-0.2, 0) is 0 Å². The zero-order valence-corrected chi connectivity index (χ0v) is 17.3. The number of benzene rings is 2. The molecule has 2 amide bonds. The van der Waals surface area contributed by atoms with Crippen molar-refractivity contribution >= 4 is 39.9 Å². The number of rotatable bonds is 5. The Morgan fingerprint density at radius 1 is 1.11 bits per heavy atom. The average Bonchev–Trinajstić information content (AvgIpc) is 3.20. The van der Waals surface area contributed by atoms with Gasteiger partial charge in [0.2, 0.25) is 0 Å². The van der Waals surface area contributed by atoms with E-state index < -0.39 is 0 Å². The quantitative estimate of drug-likeness (QED) is 0.606. The predicted octanol–water partition coefficient (Wildman–Crippen LogP) is 4.84. The second kappa shape index (κ2) is 8.90. The molecule has 3 aromatic rings. The number of para-hydroxylation sites is 1. The van der Waals surface area contributed by atoms with Crippen molar-refractivity contribution in [2.75, 3.05) is 26.5 Å². The minimum atomic E-state index is -0.318. The number of amides is 2. The van der Waals surface area contributed by atoms with Crippen molar-refractivity contribution in [1.29, 1.82) is 0 Å². The predicted molar refractivity (Wildman–Crippen MR) is 113 cm³/mol. The highest BCUT2D eigenvalue weighted by molar-refractivity contribution is 8.13. The summed E-state index contributed by atoms with van der Waals surface area (Å²) in [5.41, 5.74) is 1.82. The van der Waals surface area contributed by atoms with E-state index in [2.05, 4.69) is 10.3 Å². The molecule has 1 N–H and O–H groups in total. The number of anilines is 1. The molecule has 1 heterocycles. The topological polar surface area (TPSA) is 71.5 Å². The van der Waals surface area contributed by atoms with Crippen LogP contribution in [0.5, 0.6) is 5.75 Å². The Kier molecular flexibility index (Phi) is 6.33. The minimum Gasteiger partial charge on any atom is -0.497 e. The lowest BCUT2D eigenvalue weighted by Gasteiger charge is -2.12. The van der Waals surface area contributed by atoms with Crippen LogP contribution in [0.2, 0.25) is 0 Å². The van der Waals surface area contributed by atoms with Gasteiger partial charge in [-0.1, -0.05) is 12.1 Å². The molecule has 0 saturated heterocycles. The van der Waals surface area contributed by atoms with Crippen LogP contribution in [-0.4, -0.2) is 42.2 Å². The second-order valence-corrected chi connectivity index (χ2v) is 7.83. The van der Waals surface area contributed by atoms with Crippen LogP contribution in [0.1, 0.15) is 10.5 Å². The van der Waals surface area contributed by atoms with Crippen LogP contribution in [0.3, 0.4) is 0 Å². The van der Waals surface area contributed by atoms with Gasteiger partial charge in [0.15, 0.2) is 0 Å². The first-order valence-corrected chi connectivity index (χ1v) is 10.1. The summed E-state index contributed by atoms with van der Waals surface area (Å²) in [5.74, 6) is 0.445. The van der Waals surface area contributed by atoms with Gasteiger partial charge in [-0.15, -0.1) is 11.3 Å². The van der Waals surface area contributed by atoms with Gasteiger partial charge in [0.1, 0.15) is 16.5 Å². The van der Waals surface area contributed by atoms with E-state index in [-0.39, 0.29) is 11.1 Å². The minimum absolute atomic E-state index is 0.114. The Morgan fingerprint density at radius 3 is 2.50 bits per heavy atom. The van der Waals surface area contributed by atoms with Gasteiger partial charge >= 0.3 is 0 Å². The SMILES string of the molecule is COc1ccc(-c2nc(C(=O)Nc3ccccc3SC(=O)N(C)C)cs2)cc1. The number of hydrogen-bond acceptors (Lipinski definition) is 6. The zero-order valence-electron chi connectivity index (χ0n) is 15.6. The summed E-state index contributed by atoms with van der Waals surface area (Å²) in [6.45, 7) is 0. The van der Waals surface area contributed by atoms with E-state index in [1.165, 1.54) is 16.2 Å². The first kappa shape index (κ1) is 19.9. The number of aromatic nitrogens is 1. The fraction of sp³-hybridized carbons (Fsp3) is 0.150. The van der Waals surface area contributed by atoms with Crippen molar-refractivity contribution in [2.45, 2.75) is 4.90 Å². The number of carbonyl (C=O) groups is 2. The summed E-state index contributed by atoms with van der Waals surface area (Å²) < 4.78 is 5.16. The molecule has 0 unspecified atom stereocenters. The Labute approximate surface area is 171 Å².